The monoisotopic (exact) mass is 240 g/mol. The number of halogens is 1. The minimum Gasteiger partial charge on any atom is -0.396 e. The standard InChI is InChI=1S/C12H16N2O.ClH/c1-14-8-10(11(13)6-7-15)9-4-2-3-5-12(9)14;/h2-5,8,11,15H,6-7,13H2,1H3;1H. The Morgan fingerprint density at radius 3 is 2.75 bits per heavy atom. The van der Waals surface area contributed by atoms with E-state index in [-0.39, 0.29) is 25.1 Å². The van der Waals surface area contributed by atoms with Crippen LogP contribution in [0, 0.1) is 0 Å². The van der Waals surface area contributed by atoms with Crippen molar-refractivity contribution < 1.29 is 5.11 Å². The summed E-state index contributed by atoms with van der Waals surface area (Å²) in [5.41, 5.74) is 8.31. The van der Waals surface area contributed by atoms with Gasteiger partial charge in [0.05, 0.1) is 0 Å². The number of nitrogens with two attached hydrogens (primary N) is 1. The van der Waals surface area contributed by atoms with Crippen LogP contribution in [0.5, 0.6) is 0 Å². The highest BCUT2D eigenvalue weighted by atomic mass is 35.5. The zero-order chi connectivity index (χ0) is 10.8. The fraction of sp³-hybridized carbons (Fsp3) is 0.333. The van der Waals surface area contributed by atoms with E-state index in [2.05, 4.69) is 16.7 Å². The van der Waals surface area contributed by atoms with Gasteiger partial charge in [0.25, 0.3) is 0 Å². The molecule has 2 aromatic rings. The summed E-state index contributed by atoms with van der Waals surface area (Å²) in [5.74, 6) is 0. The second-order valence-electron chi connectivity index (χ2n) is 3.83. The van der Waals surface area contributed by atoms with Crippen molar-refractivity contribution in [3.05, 3.63) is 36.0 Å². The number of aliphatic hydroxyl groups excluding tert-OH is 1. The molecule has 0 aliphatic carbocycles. The Morgan fingerprint density at radius 2 is 2.06 bits per heavy atom. The number of hydrogen-bond acceptors (Lipinski definition) is 2. The first-order chi connectivity index (χ1) is 7.24. The Bertz CT molecular complexity index is 467. The molecule has 1 atom stereocenters. The Kier molecular flexibility index (Phi) is 4.35. The van der Waals surface area contributed by atoms with Crippen molar-refractivity contribution in [2.24, 2.45) is 12.8 Å². The molecule has 88 valence electrons. The van der Waals surface area contributed by atoms with Gasteiger partial charge in [0.2, 0.25) is 0 Å². The molecule has 0 radical (unpaired) electrons. The summed E-state index contributed by atoms with van der Waals surface area (Å²) in [6, 6.07) is 8.09. The molecule has 1 aromatic heterocycles. The van der Waals surface area contributed by atoms with E-state index in [0.717, 1.165) is 5.56 Å². The lowest BCUT2D eigenvalue weighted by Crippen LogP contribution is -2.11. The van der Waals surface area contributed by atoms with Gasteiger partial charge in [-0.3, -0.25) is 0 Å². The molecule has 2 rings (SSSR count). The molecule has 4 heteroatoms. The smallest absolute Gasteiger partial charge is 0.0481 e. The highest BCUT2D eigenvalue weighted by Crippen LogP contribution is 2.25. The van der Waals surface area contributed by atoms with E-state index in [1.54, 1.807) is 0 Å². The Labute approximate surface area is 101 Å². The van der Waals surface area contributed by atoms with Crippen molar-refractivity contribution in [2.45, 2.75) is 12.5 Å². The lowest BCUT2D eigenvalue weighted by Gasteiger charge is -2.07. The molecule has 1 unspecified atom stereocenters. The first-order valence-corrected chi connectivity index (χ1v) is 5.14. The summed E-state index contributed by atoms with van der Waals surface area (Å²) >= 11 is 0. The quantitative estimate of drug-likeness (QED) is 0.862. The zero-order valence-corrected chi connectivity index (χ0v) is 10.1. The fourth-order valence-corrected chi connectivity index (χ4v) is 1.96. The molecular formula is C12H17ClN2O. The third-order valence-electron chi connectivity index (χ3n) is 2.77. The molecule has 0 fully saturated rings. The number of para-hydroxylation sites is 1. The highest BCUT2D eigenvalue weighted by molar-refractivity contribution is 5.85. The van der Waals surface area contributed by atoms with E-state index >= 15 is 0 Å². The summed E-state index contributed by atoms with van der Waals surface area (Å²) in [7, 11) is 2.01. The number of aromatic nitrogens is 1. The first kappa shape index (κ1) is 13.0. The summed E-state index contributed by atoms with van der Waals surface area (Å²) in [5, 5.41) is 10.1. The predicted octanol–water partition coefficient (Wildman–Crippen LogP) is 1.98. The average Bonchev–Trinajstić information content (AvgIpc) is 2.58. The summed E-state index contributed by atoms with van der Waals surface area (Å²) < 4.78 is 2.07. The number of nitrogens with zero attached hydrogens (tertiary/aromatic N) is 1. The van der Waals surface area contributed by atoms with Crippen LogP contribution in [0.2, 0.25) is 0 Å². The normalized spacial score (nSPS) is 12.4. The maximum atomic E-state index is 8.89. The van der Waals surface area contributed by atoms with Crippen molar-refractivity contribution in [3.63, 3.8) is 0 Å². The molecule has 3 nitrogen and oxygen atoms in total. The Hall–Kier alpha value is -1.03. The molecule has 0 saturated carbocycles. The van der Waals surface area contributed by atoms with Crippen molar-refractivity contribution in [2.75, 3.05) is 6.61 Å². The van der Waals surface area contributed by atoms with Crippen molar-refractivity contribution in [1.29, 1.82) is 0 Å². The van der Waals surface area contributed by atoms with Gasteiger partial charge in [0, 0.05) is 36.8 Å². The van der Waals surface area contributed by atoms with Crippen LogP contribution >= 0.6 is 12.4 Å². The van der Waals surface area contributed by atoms with Gasteiger partial charge in [-0.1, -0.05) is 18.2 Å². The van der Waals surface area contributed by atoms with Gasteiger partial charge >= 0.3 is 0 Å². The molecule has 16 heavy (non-hydrogen) atoms. The van der Waals surface area contributed by atoms with Gasteiger partial charge in [-0.15, -0.1) is 12.4 Å². The van der Waals surface area contributed by atoms with Crippen LogP contribution in [0.3, 0.4) is 0 Å². The number of aryl methyl sites for hydroxylation is 1. The third-order valence-corrected chi connectivity index (χ3v) is 2.77. The second-order valence-corrected chi connectivity index (χ2v) is 3.83. The molecule has 0 aliphatic heterocycles. The van der Waals surface area contributed by atoms with E-state index in [0.29, 0.717) is 6.42 Å². The largest absolute Gasteiger partial charge is 0.396 e. The maximum Gasteiger partial charge on any atom is 0.0481 e. The highest BCUT2D eigenvalue weighted by Gasteiger charge is 2.12. The number of aliphatic hydroxyl groups is 1. The minimum absolute atomic E-state index is 0. The summed E-state index contributed by atoms with van der Waals surface area (Å²) in [6.45, 7) is 0.129. The lowest BCUT2D eigenvalue weighted by molar-refractivity contribution is 0.277. The fourth-order valence-electron chi connectivity index (χ4n) is 1.96. The van der Waals surface area contributed by atoms with Crippen LogP contribution in [0.15, 0.2) is 30.5 Å². The summed E-state index contributed by atoms with van der Waals surface area (Å²) in [6.07, 6.45) is 2.65. The van der Waals surface area contributed by atoms with E-state index in [1.807, 2.05) is 25.4 Å². The molecule has 0 spiro atoms. The SMILES string of the molecule is Cl.Cn1cc(C(N)CCO)c2ccccc21. The first-order valence-electron chi connectivity index (χ1n) is 5.14. The van der Waals surface area contributed by atoms with Gasteiger partial charge in [0.15, 0.2) is 0 Å². The maximum absolute atomic E-state index is 8.89. The van der Waals surface area contributed by atoms with Gasteiger partial charge < -0.3 is 15.4 Å². The molecule has 1 heterocycles. The molecule has 0 saturated heterocycles. The van der Waals surface area contributed by atoms with Crippen LogP contribution in [-0.2, 0) is 7.05 Å². The molecule has 0 bridgehead atoms. The van der Waals surface area contributed by atoms with Gasteiger partial charge in [-0.2, -0.15) is 0 Å². The molecule has 3 N–H and O–H groups in total. The van der Waals surface area contributed by atoms with E-state index in [9.17, 15) is 0 Å². The second kappa shape index (κ2) is 5.34. The topological polar surface area (TPSA) is 51.2 Å². The van der Waals surface area contributed by atoms with E-state index in [1.165, 1.54) is 10.9 Å². The van der Waals surface area contributed by atoms with Crippen molar-refractivity contribution in [3.8, 4) is 0 Å². The Balaban J connectivity index is 0.00000128. The third kappa shape index (κ3) is 2.21. The molecular weight excluding hydrogens is 224 g/mol. The number of rotatable bonds is 3. The predicted molar refractivity (Wildman–Crippen MR) is 68.8 cm³/mol. The van der Waals surface area contributed by atoms with Crippen molar-refractivity contribution in [1.82, 2.24) is 4.57 Å². The van der Waals surface area contributed by atoms with Crippen molar-refractivity contribution >= 4 is 23.3 Å². The molecule has 1 aromatic carbocycles. The van der Waals surface area contributed by atoms with Gasteiger partial charge in [-0.05, 0) is 18.1 Å². The number of fused-ring (bicyclic) bond motifs is 1. The van der Waals surface area contributed by atoms with E-state index < -0.39 is 0 Å². The number of hydrogen-bond donors (Lipinski definition) is 2. The average molecular weight is 241 g/mol. The Morgan fingerprint density at radius 1 is 1.38 bits per heavy atom. The summed E-state index contributed by atoms with van der Waals surface area (Å²) in [4.78, 5) is 0. The van der Waals surface area contributed by atoms with Gasteiger partial charge in [-0.25, -0.2) is 0 Å². The lowest BCUT2D eigenvalue weighted by atomic mass is 10.0. The van der Waals surface area contributed by atoms with E-state index in [4.69, 9.17) is 10.8 Å². The molecule has 0 amide bonds. The van der Waals surface area contributed by atoms with Gasteiger partial charge in [0.1, 0.15) is 0 Å². The van der Waals surface area contributed by atoms with Crippen LogP contribution < -0.4 is 5.73 Å². The van der Waals surface area contributed by atoms with Crippen LogP contribution in [0.1, 0.15) is 18.0 Å². The van der Waals surface area contributed by atoms with Crippen LogP contribution in [0.25, 0.3) is 10.9 Å². The van der Waals surface area contributed by atoms with Crippen LogP contribution in [-0.4, -0.2) is 16.3 Å². The minimum atomic E-state index is -0.0823. The number of benzene rings is 1. The molecule has 0 aliphatic rings. The zero-order valence-electron chi connectivity index (χ0n) is 9.26. The van der Waals surface area contributed by atoms with Crippen LogP contribution in [0.4, 0.5) is 0 Å².